The Morgan fingerprint density at radius 2 is 1.96 bits per heavy atom. The van der Waals surface area contributed by atoms with Crippen LogP contribution in [-0.2, 0) is 9.59 Å². The number of amides is 2. The lowest BCUT2D eigenvalue weighted by atomic mass is 9.80. The molecule has 2 aliphatic heterocycles. The number of hydrazone groups is 1. The Kier molecular flexibility index (Phi) is 5.87. The van der Waals surface area contributed by atoms with Gasteiger partial charge in [-0.25, -0.2) is 5.01 Å². The molecule has 0 radical (unpaired) electrons. The highest BCUT2D eigenvalue weighted by atomic mass is 16.2. The minimum atomic E-state index is -0.141. The molecule has 0 aromatic rings. The van der Waals surface area contributed by atoms with Crippen LogP contribution in [0.5, 0.6) is 0 Å². The summed E-state index contributed by atoms with van der Waals surface area (Å²) in [6.07, 6.45) is 11.4. The van der Waals surface area contributed by atoms with Crippen LogP contribution in [-0.4, -0.2) is 42.3 Å². The van der Waals surface area contributed by atoms with Crippen molar-refractivity contribution in [2.45, 2.75) is 70.4 Å². The molecular weight excluding hydrogens is 304 g/mol. The Hall–Kier alpha value is -1.43. The smallest absolute Gasteiger partial charge is 0.268 e. The average molecular weight is 334 g/mol. The van der Waals surface area contributed by atoms with Crippen molar-refractivity contribution in [2.24, 2.45) is 16.9 Å². The van der Waals surface area contributed by atoms with Crippen LogP contribution in [0, 0.1) is 11.8 Å². The molecule has 134 valence electrons. The first-order chi connectivity index (χ1) is 11.6. The third kappa shape index (κ3) is 4.56. The van der Waals surface area contributed by atoms with E-state index in [1.165, 1.54) is 50.0 Å². The van der Waals surface area contributed by atoms with E-state index in [1.54, 1.807) is 7.05 Å². The molecule has 3 aliphatic rings. The molecule has 2 atom stereocenters. The summed E-state index contributed by atoms with van der Waals surface area (Å²) >= 11 is 0. The summed E-state index contributed by atoms with van der Waals surface area (Å²) in [7, 11) is 1.60. The van der Waals surface area contributed by atoms with Crippen LogP contribution in [0.3, 0.4) is 0 Å². The highest BCUT2D eigenvalue weighted by Crippen LogP contribution is 2.31. The van der Waals surface area contributed by atoms with Crippen LogP contribution < -0.4 is 10.6 Å². The van der Waals surface area contributed by atoms with E-state index in [0.717, 1.165) is 24.8 Å². The fourth-order valence-electron chi connectivity index (χ4n) is 4.21. The summed E-state index contributed by atoms with van der Waals surface area (Å²) in [6, 6.07) is 0. The predicted octanol–water partition coefficient (Wildman–Crippen LogP) is 2.01. The lowest BCUT2D eigenvalue weighted by molar-refractivity contribution is -0.130. The number of hydrogen-bond acceptors (Lipinski definition) is 4. The minimum Gasteiger partial charge on any atom is -0.336 e. The Labute approximate surface area is 144 Å². The van der Waals surface area contributed by atoms with E-state index < -0.39 is 0 Å². The van der Waals surface area contributed by atoms with E-state index in [2.05, 4.69) is 15.7 Å². The van der Waals surface area contributed by atoms with Gasteiger partial charge in [-0.3, -0.25) is 14.9 Å². The lowest BCUT2D eigenvalue weighted by Crippen LogP contribution is -2.52. The zero-order valence-corrected chi connectivity index (χ0v) is 14.7. The molecule has 2 heterocycles. The quantitative estimate of drug-likeness (QED) is 0.826. The zero-order chi connectivity index (χ0) is 16.9. The molecule has 1 saturated carbocycles. The number of carbonyl (C=O) groups is 2. The summed E-state index contributed by atoms with van der Waals surface area (Å²) in [5.41, 5.74) is 0.461. The third-order valence-corrected chi connectivity index (χ3v) is 5.68. The van der Waals surface area contributed by atoms with Crippen molar-refractivity contribution in [2.75, 3.05) is 13.6 Å². The SMILES string of the molecule is CN1N=C(C(=O)NC2CCC(CC3CCCCC3)CN2)CCC1=O. The van der Waals surface area contributed by atoms with Crippen LogP contribution in [0.1, 0.15) is 64.2 Å². The fourth-order valence-corrected chi connectivity index (χ4v) is 4.21. The Morgan fingerprint density at radius 1 is 1.17 bits per heavy atom. The lowest BCUT2D eigenvalue weighted by Gasteiger charge is -2.33. The van der Waals surface area contributed by atoms with Gasteiger partial charge >= 0.3 is 0 Å². The van der Waals surface area contributed by atoms with E-state index in [4.69, 9.17) is 0 Å². The van der Waals surface area contributed by atoms with E-state index in [1.807, 2.05) is 0 Å². The topological polar surface area (TPSA) is 73.8 Å². The van der Waals surface area contributed by atoms with Gasteiger partial charge in [-0.1, -0.05) is 32.1 Å². The van der Waals surface area contributed by atoms with Gasteiger partial charge in [-0.2, -0.15) is 5.10 Å². The van der Waals surface area contributed by atoms with Crippen molar-refractivity contribution in [1.82, 2.24) is 15.6 Å². The largest absolute Gasteiger partial charge is 0.336 e. The molecule has 0 spiro atoms. The third-order valence-electron chi connectivity index (χ3n) is 5.68. The first-order valence-corrected chi connectivity index (χ1v) is 9.50. The van der Waals surface area contributed by atoms with Crippen molar-refractivity contribution in [3.8, 4) is 0 Å². The van der Waals surface area contributed by atoms with Crippen LogP contribution >= 0.6 is 0 Å². The normalized spacial score (nSPS) is 29.3. The van der Waals surface area contributed by atoms with Gasteiger partial charge in [-0.15, -0.1) is 0 Å². The molecule has 24 heavy (non-hydrogen) atoms. The number of nitrogens with zero attached hydrogens (tertiary/aromatic N) is 2. The second kappa shape index (κ2) is 8.10. The van der Waals surface area contributed by atoms with Gasteiger partial charge in [0.2, 0.25) is 5.91 Å². The fraction of sp³-hybridized carbons (Fsp3) is 0.833. The molecule has 2 fully saturated rings. The van der Waals surface area contributed by atoms with Crippen molar-refractivity contribution in [1.29, 1.82) is 0 Å². The van der Waals surface area contributed by atoms with Crippen molar-refractivity contribution >= 4 is 17.5 Å². The Bertz CT molecular complexity index is 491. The van der Waals surface area contributed by atoms with Gasteiger partial charge in [0, 0.05) is 19.9 Å². The molecule has 2 unspecified atom stereocenters. The maximum absolute atomic E-state index is 12.3. The Morgan fingerprint density at radius 3 is 2.62 bits per heavy atom. The maximum Gasteiger partial charge on any atom is 0.268 e. The van der Waals surface area contributed by atoms with Gasteiger partial charge in [0.1, 0.15) is 5.71 Å². The van der Waals surface area contributed by atoms with Gasteiger partial charge in [0.25, 0.3) is 5.91 Å². The second-order valence-electron chi connectivity index (χ2n) is 7.58. The predicted molar refractivity (Wildman–Crippen MR) is 93.3 cm³/mol. The molecule has 0 bridgehead atoms. The highest BCUT2D eigenvalue weighted by molar-refractivity contribution is 6.39. The molecule has 0 aromatic carbocycles. The molecule has 0 aromatic heterocycles. The second-order valence-corrected chi connectivity index (χ2v) is 7.58. The van der Waals surface area contributed by atoms with E-state index in [9.17, 15) is 9.59 Å². The van der Waals surface area contributed by atoms with Gasteiger partial charge in [-0.05, 0) is 37.6 Å². The summed E-state index contributed by atoms with van der Waals surface area (Å²) in [5.74, 6) is 1.49. The summed E-state index contributed by atoms with van der Waals surface area (Å²) in [5, 5.41) is 11.9. The number of carbonyl (C=O) groups excluding carboxylic acids is 2. The van der Waals surface area contributed by atoms with E-state index in [0.29, 0.717) is 18.6 Å². The minimum absolute atomic E-state index is 0.0331. The standard InChI is InChI=1S/C18H30N4O2/c1-22-17(23)10-8-15(21-22)18(24)20-16-9-7-14(12-19-16)11-13-5-3-2-4-6-13/h13-14,16,19H,2-12H2,1H3,(H,20,24). The molecule has 6 nitrogen and oxygen atoms in total. The van der Waals surface area contributed by atoms with Crippen molar-refractivity contribution in [3.63, 3.8) is 0 Å². The molecular formula is C18H30N4O2. The average Bonchev–Trinajstić information content (AvgIpc) is 2.60. The number of piperidine rings is 1. The molecule has 2 amide bonds. The summed E-state index contributed by atoms with van der Waals surface area (Å²) in [4.78, 5) is 23.7. The van der Waals surface area contributed by atoms with Crippen molar-refractivity contribution < 1.29 is 9.59 Å². The molecule has 6 heteroatoms. The number of nitrogens with one attached hydrogen (secondary N) is 2. The molecule has 1 aliphatic carbocycles. The zero-order valence-electron chi connectivity index (χ0n) is 14.7. The van der Waals surface area contributed by atoms with Gasteiger partial charge in [0.15, 0.2) is 0 Å². The van der Waals surface area contributed by atoms with Gasteiger partial charge in [0.05, 0.1) is 6.17 Å². The van der Waals surface area contributed by atoms with Gasteiger partial charge < -0.3 is 5.32 Å². The number of hydrogen-bond donors (Lipinski definition) is 2. The maximum atomic E-state index is 12.3. The van der Waals surface area contributed by atoms with Crippen LogP contribution in [0.2, 0.25) is 0 Å². The van der Waals surface area contributed by atoms with E-state index in [-0.39, 0.29) is 18.0 Å². The van der Waals surface area contributed by atoms with Crippen LogP contribution in [0.25, 0.3) is 0 Å². The highest BCUT2D eigenvalue weighted by Gasteiger charge is 2.27. The van der Waals surface area contributed by atoms with Crippen LogP contribution in [0.15, 0.2) is 5.10 Å². The first kappa shape index (κ1) is 17.4. The number of rotatable bonds is 4. The van der Waals surface area contributed by atoms with Crippen molar-refractivity contribution in [3.05, 3.63) is 0 Å². The molecule has 1 saturated heterocycles. The molecule has 2 N–H and O–H groups in total. The van der Waals surface area contributed by atoms with E-state index >= 15 is 0 Å². The summed E-state index contributed by atoms with van der Waals surface area (Å²) in [6.45, 7) is 0.992. The van der Waals surface area contributed by atoms with Crippen LogP contribution in [0.4, 0.5) is 0 Å². The summed E-state index contributed by atoms with van der Waals surface area (Å²) < 4.78 is 0. The molecule has 3 rings (SSSR count). The monoisotopic (exact) mass is 334 g/mol. The Balaban J connectivity index is 1.41. The first-order valence-electron chi connectivity index (χ1n) is 9.50.